The summed E-state index contributed by atoms with van der Waals surface area (Å²) in [5.41, 5.74) is 0.370. The molecule has 0 spiro atoms. The van der Waals surface area contributed by atoms with Gasteiger partial charge in [-0.3, -0.25) is 9.59 Å². The third-order valence-corrected chi connectivity index (χ3v) is 4.85. The molecule has 2 aliphatic heterocycles. The molecule has 0 aromatic heterocycles. The van der Waals surface area contributed by atoms with Crippen LogP contribution in [0.1, 0.15) is 23.2 Å². The van der Waals surface area contributed by atoms with Gasteiger partial charge in [-0.2, -0.15) is 0 Å². The van der Waals surface area contributed by atoms with E-state index < -0.39 is 23.7 Å². The van der Waals surface area contributed by atoms with Crippen LogP contribution in [0, 0.1) is 11.7 Å². The summed E-state index contributed by atoms with van der Waals surface area (Å²) in [7, 11) is 0. The van der Waals surface area contributed by atoms with Crippen molar-refractivity contribution in [2.24, 2.45) is 5.92 Å². The first-order valence-electron chi connectivity index (χ1n) is 8.63. The van der Waals surface area contributed by atoms with Crippen molar-refractivity contribution in [2.75, 3.05) is 32.8 Å². The Labute approximate surface area is 150 Å². The summed E-state index contributed by atoms with van der Waals surface area (Å²) >= 11 is 0. The highest BCUT2D eigenvalue weighted by molar-refractivity contribution is 5.95. The first kappa shape index (κ1) is 18.3. The molecular weight excluding hydrogens is 343 g/mol. The number of hydrogen-bond donors (Lipinski definition) is 1. The van der Waals surface area contributed by atoms with E-state index in [0.717, 1.165) is 0 Å². The quantitative estimate of drug-likeness (QED) is 0.864. The lowest BCUT2D eigenvalue weighted by atomic mass is 9.95. The Morgan fingerprint density at radius 1 is 1.15 bits per heavy atom. The van der Waals surface area contributed by atoms with Crippen LogP contribution < -0.4 is 0 Å². The highest BCUT2D eigenvalue weighted by atomic mass is 19.1. The van der Waals surface area contributed by atoms with Crippen LogP contribution in [0.3, 0.4) is 0 Å². The second-order valence-corrected chi connectivity index (χ2v) is 6.56. The Hall–Kier alpha value is -2.48. The normalized spacial score (nSPS) is 23.6. The molecule has 2 aliphatic rings. The Morgan fingerprint density at radius 2 is 1.88 bits per heavy atom. The number of carbonyl (C=O) groups is 3. The summed E-state index contributed by atoms with van der Waals surface area (Å²) in [6, 6.07) is 4.31. The Bertz CT molecular complexity index is 693. The minimum absolute atomic E-state index is 0.0218. The van der Waals surface area contributed by atoms with Gasteiger partial charge in [0.25, 0.3) is 5.91 Å². The van der Waals surface area contributed by atoms with Crippen LogP contribution in [0.15, 0.2) is 24.3 Å². The van der Waals surface area contributed by atoms with Crippen molar-refractivity contribution in [3.8, 4) is 0 Å². The summed E-state index contributed by atoms with van der Waals surface area (Å²) in [5, 5.41) is 9.30. The summed E-state index contributed by atoms with van der Waals surface area (Å²) in [6.07, 6.45) is 1.27. The zero-order chi connectivity index (χ0) is 18.7. The monoisotopic (exact) mass is 364 g/mol. The van der Waals surface area contributed by atoms with E-state index >= 15 is 0 Å². The summed E-state index contributed by atoms with van der Waals surface area (Å²) in [5.74, 6) is -2.45. The number of carboxylic acid groups (broad SMARTS) is 1. The highest BCUT2D eigenvalue weighted by Crippen LogP contribution is 2.23. The maximum atomic E-state index is 13.0. The fraction of sp³-hybridized carbons (Fsp3) is 0.500. The van der Waals surface area contributed by atoms with E-state index in [0.29, 0.717) is 31.6 Å². The number of carboxylic acids is 1. The molecule has 0 saturated carbocycles. The number of hydrogen-bond acceptors (Lipinski definition) is 4. The fourth-order valence-electron chi connectivity index (χ4n) is 3.44. The van der Waals surface area contributed by atoms with E-state index in [1.165, 1.54) is 29.2 Å². The Kier molecular flexibility index (Phi) is 5.51. The molecule has 0 bridgehead atoms. The number of benzene rings is 1. The zero-order valence-electron chi connectivity index (χ0n) is 14.3. The maximum Gasteiger partial charge on any atom is 0.328 e. The number of nitrogens with zero attached hydrogens (tertiary/aromatic N) is 2. The summed E-state index contributed by atoms with van der Waals surface area (Å²) < 4.78 is 18.2. The van der Waals surface area contributed by atoms with Gasteiger partial charge in [-0.05, 0) is 37.1 Å². The third kappa shape index (κ3) is 3.85. The molecule has 7 nitrogen and oxygen atoms in total. The van der Waals surface area contributed by atoms with E-state index in [9.17, 15) is 23.9 Å². The van der Waals surface area contributed by atoms with Crippen LogP contribution in [-0.2, 0) is 14.3 Å². The SMILES string of the molecule is O=C(O)C1COCCN1C(=O)C1CCCN(C(=O)c2ccc(F)cc2)C1. The maximum absolute atomic E-state index is 13.0. The lowest BCUT2D eigenvalue weighted by molar-refractivity contribution is -0.161. The molecule has 8 heteroatoms. The van der Waals surface area contributed by atoms with Crippen molar-refractivity contribution in [1.29, 1.82) is 0 Å². The van der Waals surface area contributed by atoms with Crippen LogP contribution in [0.25, 0.3) is 0 Å². The van der Waals surface area contributed by atoms with Crippen molar-refractivity contribution < 1.29 is 28.6 Å². The Morgan fingerprint density at radius 3 is 2.58 bits per heavy atom. The first-order chi connectivity index (χ1) is 12.5. The number of piperidine rings is 1. The molecule has 1 aromatic carbocycles. The second-order valence-electron chi connectivity index (χ2n) is 6.56. The number of likely N-dealkylation sites (tertiary alicyclic amines) is 1. The van der Waals surface area contributed by atoms with Gasteiger partial charge in [0.05, 0.1) is 19.1 Å². The topological polar surface area (TPSA) is 87.2 Å². The third-order valence-electron chi connectivity index (χ3n) is 4.85. The van der Waals surface area contributed by atoms with Gasteiger partial charge >= 0.3 is 5.97 Å². The van der Waals surface area contributed by atoms with Crippen LogP contribution in [-0.4, -0.2) is 71.6 Å². The summed E-state index contributed by atoms with van der Waals surface area (Å²) in [6.45, 7) is 1.27. The lowest BCUT2D eigenvalue weighted by Gasteiger charge is -2.38. The largest absolute Gasteiger partial charge is 0.480 e. The molecule has 26 heavy (non-hydrogen) atoms. The van der Waals surface area contributed by atoms with E-state index in [-0.39, 0.29) is 31.5 Å². The van der Waals surface area contributed by atoms with Crippen LogP contribution in [0.4, 0.5) is 4.39 Å². The number of carbonyl (C=O) groups excluding carboxylic acids is 2. The number of aliphatic carboxylic acids is 1. The van der Waals surface area contributed by atoms with Crippen molar-refractivity contribution in [3.63, 3.8) is 0 Å². The van der Waals surface area contributed by atoms with Crippen LogP contribution in [0.2, 0.25) is 0 Å². The average molecular weight is 364 g/mol. The van der Waals surface area contributed by atoms with Gasteiger partial charge in [0.1, 0.15) is 5.82 Å². The molecule has 1 aromatic rings. The summed E-state index contributed by atoms with van der Waals surface area (Å²) in [4.78, 5) is 39.7. The van der Waals surface area contributed by atoms with Crippen molar-refractivity contribution in [3.05, 3.63) is 35.6 Å². The molecule has 2 unspecified atom stereocenters. The molecule has 2 fully saturated rings. The number of ether oxygens (including phenoxy) is 1. The average Bonchev–Trinajstić information content (AvgIpc) is 2.67. The molecule has 2 heterocycles. The minimum atomic E-state index is -1.09. The van der Waals surface area contributed by atoms with Gasteiger partial charge in [-0.1, -0.05) is 0 Å². The van der Waals surface area contributed by atoms with Crippen molar-refractivity contribution in [2.45, 2.75) is 18.9 Å². The molecular formula is C18H21FN2O5. The number of amides is 2. The lowest BCUT2D eigenvalue weighted by Crippen LogP contribution is -2.56. The van der Waals surface area contributed by atoms with E-state index in [1.54, 1.807) is 4.90 Å². The van der Waals surface area contributed by atoms with Crippen molar-refractivity contribution >= 4 is 17.8 Å². The number of halogens is 1. The molecule has 1 N–H and O–H groups in total. The van der Waals surface area contributed by atoms with E-state index in [2.05, 4.69) is 0 Å². The van der Waals surface area contributed by atoms with Gasteiger partial charge in [0.15, 0.2) is 6.04 Å². The van der Waals surface area contributed by atoms with Crippen molar-refractivity contribution in [1.82, 2.24) is 9.80 Å². The van der Waals surface area contributed by atoms with Gasteiger partial charge in [-0.15, -0.1) is 0 Å². The van der Waals surface area contributed by atoms with E-state index in [1.807, 2.05) is 0 Å². The minimum Gasteiger partial charge on any atom is -0.480 e. The molecule has 2 saturated heterocycles. The molecule has 2 amide bonds. The smallest absolute Gasteiger partial charge is 0.328 e. The van der Waals surface area contributed by atoms with Gasteiger partial charge < -0.3 is 19.6 Å². The van der Waals surface area contributed by atoms with Gasteiger partial charge in [-0.25, -0.2) is 9.18 Å². The Balaban J connectivity index is 1.69. The molecule has 3 rings (SSSR count). The van der Waals surface area contributed by atoms with Crippen LogP contribution in [0.5, 0.6) is 0 Å². The van der Waals surface area contributed by atoms with Gasteiger partial charge in [0.2, 0.25) is 5.91 Å². The highest BCUT2D eigenvalue weighted by Gasteiger charge is 2.38. The first-order valence-corrected chi connectivity index (χ1v) is 8.63. The fourth-order valence-corrected chi connectivity index (χ4v) is 3.44. The zero-order valence-corrected chi connectivity index (χ0v) is 14.3. The molecule has 0 radical (unpaired) electrons. The van der Waals surface area contributed by atoms with E-state index in [4.69, 9.17) is 4.74 Å². The molecule has 0 aliphatic carbocycles. The molecule has 140 valence electrons. The molecule has 2 atom stereocenters. The predicted octanol–water partition coefficient (Wildman–Crippen LogP) is 0.990. The number of morpholine rings is 1. The standard InChI is InChI=1S/C18H21FN2O5/c19-14-5-3-12(4-6-14)16(22)20-7-1-2-13(10-20)17(23)21-8-9-26-11-15(21)18(24)25/h3-6,13,15H,1-2,7-11H2,(H,24,25). The predicted molar refractivity (Wildman–Crippen MR) is 89.0 cm³/mol. The second kappa shape index (κ2) is 7.82. The van der Waals surface area contributed by atoms with Crippen LogP contribution >= 0.6 is 0 Å². The number of rotatable bonds is 3. The van der Waals surface area contributed by atoms with Gasteiger partial charge in [0, 0.05) is 25.2 Å².